The summed E-state index contributed by atoms with van der Waals surface area (Å²) in [5, 5.41) is 0.831. The van der Waals surface area contributed by atoms with Crippen LogP contribution in [0.1, 0.15) is 39.3 Å². The predicted octanol–water partition coefficient (Wildman–Crippen LogP) is 4.53. The summed E-state index contributed by atoms with van der Waals surface area (Å²) in [5.41, 5.74) is 4.27. The van der Waals surface area contributed by atoms with Gasteiger partial charge in [-0.1, -0.05) is 18.2 Å². The second kappa shape index (κ2) is 6.13. The molecule has 0 aliphatic heterocycles. The van der Waals surface area contributed by atoms with Gasteiger partial charge in [0, 0.05) is 0 Å². The number of ether oxygens (including phenoxy) is 1. The Bertz CT molecular complexity index is 836. The van der Waals surface area contributed by atoms with E-state index in [1.807, 2.05) is 36.4 Å². The lowest BCUT2D eigenvalue weighted by atomic mass is 9.90. The van der Waals surface area contributed by atoms with Crippen molar-refractivity contribution in [1.29, 1.82) is 0 Å². The van der Waals surface area contributed by atoms with Crippen LogP contribution in [-0.4, -0.2) is 11.0 Å². The number of benzene rings is 2. The Balaban J connectivity index is 1.47. The number of para-hydroxylation sites is 1. The molecular formula is C19H17NO2S. The zero-order chi connectivity index (χ0) is 15.6. The molecule has 1 aliphatic rings. The van der Waals surface area contributed by atoms with E-state index < -0.39 is 0 Å². The molecule has 0 amide bonds. The fourth-order valence-corrected chi connectivity index (χ4v) is 3.93. The lowest BCUT2D eigenvalue weighted by Gasteiger charge is -2.16. The normalized spacial score (nSPS) is 13.7. The number of aromatic nitrogens is 1. The molecule has 2 aromatic carbocycles. The minimum atomic E-state index is -0.266. The molecule has 0 fully saturated rings. The number of hydrogen-bond donors (Lipinski definition) is 0. The van der Waals surface area contributed by atoms with Crippen molar-refractivity contribution in [2.45, 2.75) is 32.3 Å². The first-order valence-corrected chi connectivity index (χ1v) is 8.74. The van der Waals surface area contributed by atoms with Crippen molar-refractivity contribution in [1.82, 2.24) is 4.98 Å². The Kier molecular flexibility index (Phi) is 3.83. The molecule has 3 nitrogen and oxygen atoms in total. The molecular weight excluding hydrogens is 306 g/mol. The number of esters is 1. The van der Waals surface area contributed by atoms with Gasteiger partial charge >= 0.3 is 5.97 Å². The van der Waals surface area contributed by atoms with Crippen LogP contribution in [0.3, 0.4) is 0 Å². The topological polar surface area (TPSA) is 39.2 Å². The zero-order valence-electron chi connectivity index (χ0n) is 12.7. The van der Waals surface area contributed by atoms with Crippen LogP contribution < -0.4 is 0 Å². The van der Waals surface area contributed by atoms with Crippen LogP contribution in [0.5, 0.6) is 0 Å². The molecule has 0 bridgehead atoms. The third-order valence-electron chi connectivity index (χ3n) is 4.25. The quantitative estimate of drug-likeness (QED) is 0.665. The number of fused-ring (bicyclic) bond motifs is 2. The lowest BCUT2D eigenvalue weighted by molar-refractivity contribution is 0.0472. The third kappa shape index (κ3) is 2.99. The maximum atomic E-state index is 12.3. The van der Waals surface area contributed by atoms with Crippen molar-refractivity contribution in [2.75, 3.05) is 0 Å². The molecule has 0 spiro atoms. The molecule has 4 rings (SSSR count). The number of thiazole rings is 1. The average molecular weight is 323 g/mol. The first kappa shape index (κ1) is 14.4. The first-order valence-electron chi connectivity index (χ1n) is 7.93. The van der Waals surface area contributed by atoms with Gasteiger partial charge in [0.1, 0.15) is 11.6 Å². The highest BCUT2D eigenvalue weighted by Crippen LogP contribution is 2.24. The van der Waals surface area contributed by atoms with Crippen molar-refractivity contribution in [3.63, 3.8) is 0 Å². The van der Waals surface area contributed by atoms with Crippen molar-refractivity contribution in [2.24, 2.45) is 0 Å². The zero-order valence-corrected chi connectivity index (χ0v) is 13.6. The van der Waals surface area contributed by atoms with Crippen LogP contribution >= 0.6 is 11.3 Å². The van der Waals surface area contributed by atoms with Gasteiger partial charge in [-0.2, -0.15) is 0 Å². The number of aryl methyl sites for hydroxylation is 2. The summed E-state index contributed by atoms with van der Waals surface area (Å²) in [7, 11) is 0. The Morgan fingerprint density at radius 1 is 1.09 bits per heavy atom. The molecule has 1 aromatic heterocycles. The molecule has 23 heavy (non-hydrogen) atoms. The van der Waals surface area contributed by atoms with Crippen LogP contribution in [0.4, 0.5) is 0 Å². The number of hydrogen-bond acceptors (Lipinski definition) is 4. The van der Waals surface area contributed by atoms with Crippen molar-refractivity contribution in [3.05, 3.63) is 64.2 Å². The fraction of sp³-hybridized carbons (Fsp3) is 0.263. The summed E-state index contributed by atoms with van der Waals surface area (Å²) >= 11 is 1.57. The predicted molar refractivity (Wildman–Crippen MR) is 91.8 cm³/mol. The Hall–Kier alpha value is -2.20. The number of rotatable bonds is 3. The van der Waals surface area contributed by atoms with E-state index in [-0.39, 0.29) is 12.6 Å². The largest absolute Gasteiger partial charge is 0.455 e. The van der Waals surface area contributed by atoms with Crippen LogP contribution in [-0.2, 0) is 24.2 Å². The van der Waals surface area contributed by atoms with E-state index in [9.17, 15) is 4.79 Å². The molecule has 0 N–H and O–H groups in total. The van der Waals surface area contributed by atoms with E-state index in [0.29, 0.717) is 5.56 Å². The van der Waals surface area contributed by atoms with Crippen LogP contribution in [0.25, 0.3) is 10.2 Å². The molecule has 0 saturated heterocycles. The molecule has 0 saturated carbocycles. The summed E-state index contributed by atoms with van der Waals surface area (Å²) in [4.78, 5) is 16.8. The Morgan fingerprint density at radius 3 is 2.78 bits per heavy atom. The van der Waals surface area contributed by atoms with Gasteiger partial charge in [0.05, 0.1) is 15.8 Å². The summed E-state index contributed by atoms with van der Waals surface area (Å²) in [6.07, 6.45) is 4.64. The second-order valence-corrected chi connectivity index (χ2v) is 6.96. The minimum Gasteiger partial charge on any atom is -0.455 e. The highest BCUT2D eigenvalue weighted by atomic mass is 32.1. The van der Waals surface area contributed by atoms with Gasteiger partial charge in [-0.05, 0) is 61.1 Å². The molecule has 1 heterocycles. The smallest absolute Gasteiger partial charge is 0.338 e. The number of carbonyl (C=O) groups excluding carboxylic acids is 1. The standard InChI is InChI=1S/C19H17NO2S/c21-19(15-10-9-13-5-1-2-6-14(13)11-15)22-12-18-20-16-7-3-4-8-17(16)23-18/h3-4,7-11H,1-2,5-6,12H2. The van der Waals surface area contributed by atoms with Gasteiger partial charge in [0.15, 0.2) is 0 Å². The maximum Gasteiger partial charge on any atom is 0.338 e. The summed E-state index contributed by atoms with van der Waals surface area (Å²) in [6, 6.07) is 13.9. The molecule has 0 atom stereocenters. The molecule has 4 heteroatoms. The lowest BCUT2D eigenvalue weighted by Crippen LogP contribution is -2.08. The molecule has 0 unspecified atom stereocenters. The van der Waals surface area contributed by atoms with Gasteiger partial charge in [-0.3, -0.25) is 0 Å². The maximum absolute atomic E-state index is 12.3. The SMILES string of the molecule is O=C(OCc1nc2ccccc2s1)c1ccc2c(c1)CCCC2. The third-order valence-corrected chi connectivity index (χ3v) is 5.26. The molecule has 0 radical (unpaired) electrons. The second-order valence-electron chi connectivity index (χ2n) is 5.84. The summed E-state index contributed by atoms with van der Waals surface area (Å²) in [5.74, 6) is -0.266. The van der Waals surface area contributed by atoms with E-state index in [0.717, 1.165) is 28.1 Å². The van der Waals surface area contributed by atoms with E-state index in [4.69, 9.17) is 4.74 Å². The number of carbonyl (C=O) groups is 1. The highest BCUT2D eigenvalue weighted by molar-refractivity contribution is 7.18. The van der Waals surface area contributed by atoms with E-state index in [1.54, 1.807) is 11.3 Å². The Labute approximate surface area is 138 Å². The summed E-state index contributed by atoms with van der Waals surface area (Å²) < 4.78 is 6.56. The molecule has 1 aliphatic carbocycles. The molecule has 3 aromatic rings. The monoisotopic (exact) mass is 323 g/mol. The van der Waals surface area contributed by atoms with E-state index in [2.05, 4.69) is 11.1 Å². The Morgan fingerprint density at radius 2 is 1.91 bits per heavy atom. The van der Waals surface area contributed by atoms with Crippen molar-refractivity contribution >= 4 is 27.5 Å². The molecule has 116 valence electrons. The van der Waals surface area contributed by atoms with Gasteiger partial charge in [-0.15, -0.1) is 11.3 Å². The van der Waals surface area contributed by atoms with Crippen molar-refractivity contribution < 1.29 is 9.53 Å². The van der Waals surface area contributed by atoms with Gasteiger partial charge in [0.25, 0.3) is 0 Å². The summed E-state index contributed by atoms with van der Waals surface area (Å²) in [6.45, 7) is 0.231. The van der Waals surface area contributed by atoms with Gasteiger partial charge in [0.2, 0.25) is 0 Å². The fourth-order valence-electron chi connectivity index (χ4n) is 3.05. The van der Waals surface area contributed by atoms with Crippen LogP contribution in [0.15, 0.2) is 42.5 Å². The van der Waals surface area contributed by atoms with E-state index in [1.165, 1.54) is 24.0 Å². The first-order chi connectivity index (χ1) is 11.3. The average Bonchev–Trinajstić information content (AvgIpc) is 3.02. The minimum absolute atomic E-state index is 0.231. The van der Waals surface area contributed by atoms with Gasteiger partial charge < -0.3 is 4.74 Å². The van der Waals surface area contributed by atoms with Crippen LogP contribution in [0, 0.1) is 0 Å². The highest BCUT2D eigenvalue weighted by Gasteiger charge is 2.14. The number of nitrogens with zero attached hydrogens (tertiary/aromatic N) is 1. The van der Waals surface area contributed by atoms with Crippen molar-refractivity contribution in [3.8, 4) is 0 Å². The van der Waals surface area contributed by atoms with Crippen LogP contribution in [0.2, 0.25) is 0 Å². The van der Waals surface area contributed by atoms with E-state index >= 15 is 0 Å². The van der Waals surface area contributed by atoms with Gasteiger partial charge in [-0.25, -0.2) is 9.78 Å².